The van der Waals surface area contributed by atoms with Gasteiger partial charge in [0.1, 0.15) is 0 Å². The van der Waals surface area contributed by atoms with Crippen LogP contribution >= 0.6 is 0 Å². The number of para-hydroxylation sites is 2. The van der Waals surface area contributed by atoms with Crippen LogP contribution in [0.4, 0.5) is 0 Å². The lowest BCUT2D eigenvalue weighted by molar-refractivity contribution is -0.135. The first-order chi connectivity index (χ1) is 11.6. The number of benzene rings is 1. The number of aromatic nitrogens is 2. The zero-order valence-corrected chi connectivity index (χ0v) is 13.7. The number of amides is 1. The van der Waals surface area contributed by atoms with Crippen molar-refractivity contribution in [3.05, 3.63) is 53.9 Å². The molecule has 1 unspecified atom stereocenters. The van der Waals surface area contributed by atoms with Crippen LogP contribution in [0.5, 0.6) is 0 Å². The van der Waals surface area contributed by atoms with Crippen LogP contribution in [0.25, 0.3) is 11.0 Å². The highest BCUT2D eigenvalue weighted by molar-refractivity contribution is 5.95. The molecule has 0 aliphatic heterocycles. The zero-order chi connectivity index (χ0) is 17.1. The SMILES string of the molecule is COC(=O)C1=CCC(CNC(=O)c2nc3ccccc3n2C)C=C1. The molecule has 1 amide bonds. The minimum absolute atomic E-state index is 0.150. The van der Waals surface area contributed by atoms with Crippen molar-refractivity contribution in [3.63, 3.8) is 0 Å². The molecule has 1 aliphatic carbocycles. The molecule has 0 radical (unpaired) electrons. The normalized spacial score (nSPS) is 16.8. The predicted molar refractivity (Wildman–Crippen MR) is 90.4 cm³/mol. The molecule has 3 rings (SSSR count). The van der Waals surface area contributed by atoms with Gasteiger partial charge in [-0.1, -0.05) is 30.4 Å². The van der Waals surface area contributed by atoms with Crippen LogP contribution in [0.2, 0.25) is 0 Å². The van der Waals surface area contributed by atoms with E-state index in [1.807, 2.05) is 43.5 Å². The van der Waals surface area contributed by atoms with E-state index in [1.165, 1.54) is 7.11 Å². The van der Waals surface area contributed by atoms with Crippen molar-refractivity contribution in [2.75, 3.05) is 13.7 Å². The average molecular weight is 325 g/mol. The van der Waals surface area contributed by atoms with E-state index in [2.05, 4.69) is 15.0 Å². The largest absolute Gasteiger partial charge is 0.465 e. The molecule has 1 heterocycles. The number of aryl methyl sites for hydroxylation is 1. The third-order valence-corrected chi connectivity index (χ3v) is 4.12. The second-order valence-electron chi connectivity index (χ2n) is 5.70. The summed E-state index contributed by atoms with van der Waals surface area (Å²) in [6.07, 6.45) is 6.17. The van der Waals surface area contributed by atoms with Gasteiger partial charge in [0.2, 0.25) is 0 Å². The fraction of sp³-hybridized carbons (Fsp3) is 0.278. The highest BCUT2D eigenvalue weighted by Gasteiger charge is 2.18. The van der Waals surface area contributed by atoms with Crippen molar-refractivity contribution < 1.29 is 14.3 Å². The smallest absolute Gasteiger partial charge is 0.337 e. The molecule has 0 saturated heterocycles. The highest BCUT2D eigenvalue weighted by atomic mass is 16.5. The van der Waals surface area contributed by atoms with Crippen LogP contribution in [0.1, 0.15) is 17.0 Å². The molecule has 0 bridgehead atoms. The Balaban J connectivity index is 1.62. The van der Waals surface area contributed by atoms with Gasteiger partial charge in [-0.15, -0.1) is 0 Å². The van der Waals surface area contributed by atoms with E-state index in [0.717, 1.165) is 11.0 Å². The maximum atomic E-state index is 12.4. The topological polar surface area (TPSA) is 73.2 Å². The van der Waals surface area contributed by atoms with Crippen molar-refractivity contribution in [2.45, 2.75) is 6.42 Å². The summed E-state index contributed by atoms with van der Waals surface area (Å²) in [6.45, 7) is 0.490. The molecule has 6 nitrogen and oxygen atoms in total. The van der Waals surface area contributed by atoms with Crippen molar-refractivity contribution in [1.82, 2.24) is 14.9 Å². The Morgan fingerprint density at radius 2 is 2.17 bits per heavy atom. The van der Waals surface area contributed by atoms with Gasteiger partial charge in [0.25, 0.3) is 5.91 Å². The van der Waals surface area contributed by atoms with Gasteiger partial charge in [-0.3, -0.25) is 4.79 Å². The van der Waals surface area contributed by atoms with Gasteiger partial charge in [0, 0.05) is 13.6 Å². The molecule has 2 aromatic rings. The number of methoxy groups -OCH3 is 1. The summed E-state index contributed by atoms with van der Waals surface area (Å²) in [5.74, 6) is -0.00268. The first-order valence-corrected chi connectivity index (χ1v) is 7.76. The maximum absolute atomic E-state index is 12.4. The number of allylic oxidation sites excluding steroid dienone is 1. The number of nitrogens with one attached hydrogen (secondary N) is 1. The minimum atomic E-state index is -0.339. The molecule has 1 N–H and O–H groups in total. The van der Waals surface area contributed by atoms with Gasteiger partial charge >= 0.3 is 5.97 Å². The monoisotopic (exact) mass is 325 g/mol. The Morgan fingerprint density at radius 1 is 1.38 bits per heavy atom. The molecule has 24 heavy (non-hydrogen) atoms. The molecule has 0 saturated carbocycles. The number of carbonyl (C=O) groups excluding carboxylic acids is 2. The molecule has 124 valence electrons. The number of ether oxygens (including phenoxy) is 1. The Bertz CT molecular complexity index is 848. The van der Waals surface area contributed by atoms with Crippen molar-refractivity contribution in [2.24, 2.45) is 13.0 Å². The highest BCUT2D eigenvalue weighted by Crippen LogP contribution is 2.17. The predicted octanol–water partition coefficient (Wildman–Crippen LogP) is 1.98. The molecule has 1 aromatic heterocycles. The lowest BCUT2D eigenvalue weighted by atomic mass is 9.96. The first-order valence-electron chi connectivity index (χ1n) is 7.76. The second-order valence-corrected chi connectivity index (χ2v) is 5.70. The third-order valence-electron chi connectivity index (χ3n) is 4.12. The number of rotatable bonds is 4. The Hall–Kier alpha value is -2.89. The summed E-state index contributed by atoms with van der Waals surface area (Å²) in [7, 11) is 3.19. The second kappa shape index (κ2) is 6.70. The van der Waals surface area contributed by atoms with Gasteiger partial charge in [-0.05, 0) is 24.5 Å². The summed E-state index contributed by atoms with van der Waals surface area (Å²) in [5, 5.41) is 2.91. The van der Waals surface area contributed by atoms with Crippen LogP contribution in [0, 0.1) is 5.92 Å². The van der Waals surface area contributed by atoms with Gasteiger partial charge in [-0.25, -0.2) is 9.78 Å². The van der Waals surface area contributed by atoms with Gasteiger partial charge in [0.05, 0.1) is 23.7 Å². The summed E-state index contributed by atoms with van der Waals surface area (Å²) in [6, 6.07) is 7.63. The lowest BCUT2D eigenvalue weighted by Crippen LogP contribution is -2.31. The van der Waals surface area contributed by atoms with Crippen molar-refractivity contribution in [1.29, 1.82) is 0 Å². The molecular formula is C18H19N3O3. The van der Waals surface area contributed by atoms with Gasteiger partial charge < -0.3 is 14.6 Å². The van der Waals surface area contributed by atoms with E-state index in [4.69, 9.17) is 0 Å². The number of nitrogens with zero attached hydrogens (tertiary/aromatic N) is 2. The molecule has 0 spiro atoms. The number of carbonyl (C=O) groups is 2. The maximum Gasteiger partial charge on any atom is 0.337 e. The van der Waals surface area contributed by atoms with Crippen LogP contribution in [0.15, 0.2) is 48.1 Å². The molecule has 1 aromatic carbocycles. The first kappa shape index (κ1) is 16.0. The van der Waals surface area contributed by atoms with Crippen molar-refractivity contribution >= 4 is 22.9 Å². The summed E-state index contributed by atoms with van der Waals surface area (Å²) < 4.78 is 6.47. The van der Waals surface area contributed by atoms with Crippen molar-refractivity contribution in [3.8, 4) is 0 Å². The fourth-order valence-electron chi connectivity index (χ4n) is 2.74. The Labute approximate surface area is 139 Å². The lowest BCUT2D eigenvalue weighted by Gasteiger charge is -2.16. The average Bonchev–Trinajstić information content (AvgIpc) is 2.96. The Morgan fingerprint density at radius 3 is 2.83 bits per heavy atom. The summed E-state index contributed by atoms with van der Waals surface area (Å²) in [5.41, 5.74) is 2.27. The molecule has 0 fully saturated rings. The Kier molecular flexibility index (Phi) is 4.46. The minimum Gasteiger partial charge on any atom is -0.465 e. The third kappa shape index (κ3) is 3.08. The molecule has 1 aliphatic rings. The van der Waals surface area contributed by atoms with Crippen LogP contribution < -0.4 is 5.32 Å². The number of hydrogen-bond acceptors (Lipinski definition) is 4. The standard InChI is InChI=1S/C18H19N3O3/c1-21-15-6-4-3-5-14(15)20-16(21)17(22)19-11-12-7-9-13(10-8-12)18(23)24-2/h3-7,9-10,12H,8,11H2,1-2H3,(H,19,22). The quantitative estimate of drug-likeness (QED) is 0.873. The zero-order valence-electron chi connectivity index (χ0n) is 13.7. The molecular weight excluding hydrogens is 306 g/mol. The number of imidazole rings is 1. The number of hydrogen-bond donors (Lipinski definition) is 1. The van der Waals surface area contributed by atoms with E-state index in [9.17, 15) is 9.59 Å². The summed E-state index contributed by atoms with van der Waals surface area (Å²) in [4.78, 5) is 28.2. The van der Waals surface area contributed by atoms with E-state index >= 15 is 0 Å². The van der Waals surface area contributed by atoms with Crippen LogP contribution in [-0.2, 0) is 16.6 Å². The van der Waals surface area contributed by atoms with E-state index in [0.29, 0.717) is 24.4 Å². The van der Waals surface area contributed by atoms with Gasteiger partial charge in [-0.2, -0.15) is 0 Å². The molecule has 1 atom stereocenters. The number of fused-ring (bicyclic) bond motifs is 1. The van der Waals surface area contributed by atoms with Gasteiger partial charge in [0.15, 0.2) is 5.82 Å². The summed E-state index contributed by atoms with van der Waals surface area (Å²) >= 11 is 0. The van der Waals surface area contributed by atoms with E-state index in [1.54, 1.807) is 10.6 Å². The van der Waals surface area contributed by atoms with E-state index in [-0.39, 0.29) is 17.8 Å². The van der Waals surface area contributed by atoms with E-state index < -0.39 is 0 Å². The molecule has 6 heteroatoms. The van der Waals surface area contributed by atoms with Crippen LogP contribution in [-0.4, -0.2) is 35.1 Å². The number of esters is 1. The van der Waals surface area contributed by atoms with Crippen LogP contribution in [0.3, 0.4) is 0 Å². The fourth-order valence-corrected chi connectivity index (χ4v) is 2.74.